The van der Waals surface area contributed by atoms with Crippen LogP contribution in [-0.4, -0.2) is 0 Å². The summed E-state index contributed by atoms with van der Waals surface area (Å²) in [5, 5.41) is 0. The second-order valence-corrected chi connectivity index (χ2v) is 8.63. The zero-order valence-corrected chi connectivity index (χ0v) is 15.0. The van der Waals surface area contributed by atoms with Crippen molar-refractivity contribution in [2.45, 2.75) is 26.7 Å². The molecule has 0 amide bonds. The van der Waals surface area contributed by atoms with Crippen molar-refractivity contribution in [1.29, 1.82) is 0 Å². The second-order valence-electron chi connectivity index (χ2n) is 6.05. The number of rotatable bonds is 0. The van der Waals surface area contributed by atoms with Gasteiger partial charge in [0.2, 0.25) is 0 Å². The predicted octanol–water partition coefficient (Wildman–Crippen LogP) is 5.23. The molecule has 2 atom stereocenters. The molecule has 106 valence electrons. The third-order valence-corrected chi connectivity index (χ3v) is 4.81. The van der Waals surface area contributed by atoms with E-state index in [0.29, 0.717) is 5.41 Å². The standard InChI is InChI=1S/C12H15.C5H5.2ClH.Ti/c1-12(2)9-6-8-4-3-5-10(8)11(12)7-9;1-2-4-5-3-1;;;/h3-5,9,11H,6-7H2,1-2H3;1-5H;2*1H;/q;;;;+2/p-2/t9-,11-;;;;/m0..../s1. The molecular weight excluding hydrogens is 323 g/mol. The summed E-state index contributed by atoms with van der Waals surface area (Å²) in [5.41, 5.74) is 0.599. The first-order valence-corrected chi connectivity index (χ1v) is 11.3. The van der Waals surface area contributed by atoms with Gasteiger partial charge < -0.3 is 0 Å². The summed E-state index contributed by atoms with van der Waals surface area (Å²) >= 11 is -0.556. The van der Waals surface area contributed by atoms with Gasteiger partial charge in [0.25, 0.3) is 0 Å². The van der Waals surface area contributed by atoms with E-state index in [0.717, 1.165) is 11.8 Å². The van der Waals surface area contributed by atoms with Gasteiger partial charge in [0.1, 0.15) is 0 Å². The van der Waals surface area contributed by atoms with E-state index in [1.165, 1.54) is 12.8 Å². The van der Waals surface area contributed by atoms with Crippen molar-refractivity contribution in [2.24, 2.45) is 17.3 Å². The summed E-state index contributed by atoms with van der Waals surface area (Å²) in [4.78, 5) is 0. The normalized spacial score (nSPS) is 34.0. The first-order valence-electron chi connectivity index (χ1n) is 6.98. The van der Waals surface area contributed by atoms with Gasteiger partial charge in [0.15, 0.2) is 0 Å². The van der Waals surface area contributed by atoms with Gasteiger partial charge in [0, 0.05) is 0 Å². The van der Waals surface area contributed by atoms with E-state index in [2.05, 4.69) is 33.1 Å². The fourth-order valence-corrected chi connectivity index (χ4v) is 3.47. The Morgan fingerprint density at radius 3 is 2.05 bits per heavy atom. The molecule has 0 N–H and O–H groups in total. The molecule has 5 saturated carbocycles. The Hall–Kier alpha value is 1.29. The summed E-state index contributed by atoms with van der Waals surface area (Å²) in [7, 11) is 9.78. The van der Waals surface area contributed by atoms with Gasteiger partial charge in [-0.15, -0.1) is 0 Å². The molecule has 0 aromatic carbocycles. The van der Waals surface area contributed by atoms with Gasteiger partial charge in [-0.2, -0.15) is 0 Å². The van der Waals surface area contributed by atoms with Crippen molar-refractivity contribution >= 4 is 18.6 Å². The van der Waals surface area contributed by atoms with Crippen molar-refractivity contribution in [2.75, 3.05) is 0 Å². The number of hydrogen-bond donors (Lipinski definition) is 0. The van der Waals surface area contributed by atoms with Gasteiger partial charge in [-0.3, -0.25) is 0 Å². The Labute approximate surface area is 142 Å². The van der Waals surface area contributed by atoms with Gasteiger partial charge >= 0.3 is 35.6 Å². The van der Waals surface area contributed by atoms with Crippen LogP contribution in [0.1, 0.15) is 26.7 Å². The number of halogens is 2. The van der Waals surface area contributed by atoms with Crippen molar-refractivity contribution in [3.8, 4) is 0 Å². The zero-order valence-electron chi connectivity index (χ0n) is 11.9. The predicted molar refractivity (Wildman–Crippen MR) is 82.6 cm³/mol. The molecule has 0 heterocycles. The van der Waals surface area contributed by atoms with Crippen molar-refractivity contribution in [3.63, 3.8) is 0 Å². The molecule has 20 heavy (non-hydrogen) atoms. The Balaban J connectivity index is 0.000000154. The molecule has 5 fully saturated rings. The molecular formula is C17H20Cl2Ti. The molecule has 3 heteroatoms. The van der Waals surface area contributed by atoms with Crippen LogP contribution >= 0.6 is 18.6 Å². The Morgan fingerprint density at radius 2 is 1.55 bits per heavy atom. The summed E-state index contributed by atoms with van der Waals surface area (Å²) < 4.78 is 0. The van der Waals surface area contributed by atoms with Gasteiger partial charge in [-0.25, -0.2) is 0 Å². The zero-order chi connectivity index (χ0) is 14.6. The second kappa shape index (κ2) is 8.23. The Morgan fingerprint density at radius 1 is 1.00 bits per heavy atom. The van der Waals surface area contributed by atoms with E-state index in [9.17, 15) is 0 Å². The van der Waals surface area contributed by atoms with Crippen LogP contribution in [0.15, 0.2) is 0 Å². The van der Waals surface area contributed by atoms with E-state index in [1.54, 1.807) is 11.8 Å². The monoisotopic (exact) mass is 342 g/mol. The van der Waals surface area contributed by atoms with Crippen LogP contribution < -0.4 is 0 Å². The van der Waals surface area contributed by atoms with E-state index in [-0.39, 0.29) is 0 Å². The molecule has 10 radical (unpaired) electrons. The maximum absolute atomic E-state index is 4.89. The fourth-order valence-electron chi connectivity index (χ4n) is 3.47. The summed E-state index contributed by atoms with van der Waals surface area (Å²) in [6.45, 7) is 4.86. The summed E-state index contributed by atoms with van der Waals surface area (Å²) in [5.74, 6) is 5.14. The quantitative estimate of drug-likeness (QED) is 0.529. The van der Waals surface area contributed by atoms with Gasteiger partial charge in [-0.05, 0) is 93.3 Å². The van der Waals surface area contributed by atoms with E-state index >= 15 is 0 Å². The van der Waals surface area contributed by atoms with E-state index < -0.39 is 17.0 Å². The number of hydrogen-bond acceptors (Lipinski definition) is 0. The first kappa shape index (κ1) is 17.6. The summed E-state index contributed by atoms with van der Waals surface area (Å²) in [6.07, 6.45) is 19.7. The molecule has 5 aliphatic carbocycles. The van der Waals surface area contributed by atoms with Crippen LogP contribution in [-0.2, 0) is 17.0 Å². The molecule has 0 aromatic heterocycles. The fraction of sp³-hybridized carbons (Fsp3) is 0.412. The van der Waals surface area contributed by atoms with Crippen molar-refractivity contribution < 1.29 is 17.0 Å². The molecule has 5 rings (SSSR count). The molecule has 2 bridgehead atoms. The van der Waals surface area contributed by atoms with Crippen molar-refractivity contribution in [3.05, 3.63) is 63.2 Å². The van der Waals surface area contributed by atoms with Gasteiger partial charge in [0.05, 0.1) is 0 Å². The van der Waals surface area contributed by atoms with Crippen LogP contribution in [0.4, 0.5) is 0 Å². The van der Waals surface area contributed by atoms with Crippen LogP contribution in [0.3, 0.4) is 0 Å². The first-order chi connectivity index (χ1) is 9.61. The van der Waals surface area contributed by atoms with Crippen LogP contribution in [0.2, 0.25) is 0 Å². The topological polar surface area (TPSA) is 0 Å². The minimum absolute atomic E-state index is 0.556. The molecule has 0 nitrogen and oxygen atoms in total. The third-order valence-electron chi connectivity index (χ3n) is 4.81. The summed E-state index contributed by atoms with van der Waals surface area (Å²) in [6, 6.07) is 0. The molecule has 0 spiro atoms. The minimum atomic E-state index is -0.556. The van der Waals surface area contributed by atoms with Crippen molar-refractivity contribution in [1.82, 2.24) is 0 Å². The maximum atomic E-state index is 4.89. The van der Waals surface area contributed by atoms with Crippen LogP contribution in [0.5, 0.6) is 0 Å². The molecule has 5 aliphatic rings. The average molecular weight is 343 g/mol. The Kier molecular flexibility index (Phi) is 7.26. The van der Waals surface area contributed by atoms with Crippen LogP contribution in [0.25, 0.3) is 0 Å². The molecule has 0 aromatic rings. The molecule has 0 saturated heterocycles. The average Bonchev–Trinajstić information content (AvgIpc) is 3.13. The molecule has 0 unspecified atom stereocenters. The SMILES string of the molecule is CC1(C)[C@H]2C[C]3[CH][CH][CH][C]3[C@@H]1C2.[CH]1[CH][CH][CH][CH]1.[Cl][Ti][Cl]. The molecule has 0 aliphatic heterocycles. The van der Waals surface area contributed by atoms with Gasteiger partial charge in [-0.1, -0.05) is 13.8 Å². The van der Waals surface area contributed by atoms with Crippen LogP contribution in [0, 0.1) is 80.5 Å². The van der Waals surface area contributed by atoms with E-state index in [1.807, 2.05) is 32.1 Å². The van der Waals surface area contributed by atoms with E-state index in [4.69, 9.17) is 18.6 Å². The third kappa shape index (κ3) is 3.98. The Bertz CT molecular complexity index is 281.